The van der Waals surface area contributed by atoms with Gasteiger partial charge in [-0.25, -0.2) is 0 Å². The number of benzene rings is 1. The Labute approximate surface area is 131 Å². The van der Waals surface area contributed by atoms with E-state index in [0.29, 0.717) is 10.0 Å². The van der Waals surface area contributed by atoms with Gasteiger partial charge in [0, 0.05) is 23.6 Å². The number of likely N-dealkylation sites (N-methyl/N-ethyl adjacent to an activating group) is 1. The minimum absolute atomic E-state index is 0.196. The molecule has 4 heteroatoms. The van der Waals surface area contributed by atoms with Gasteiger partial charge in [-0.3, -0.25) is 4.79 Å². The van der Waals surface area contributed by atoms with Crippen LogP contribution in [-0.2, 0) is 10.2 Å². The maximum atomic E-state index is 12.8. The van der Waals surface area contributed by atoms with E-state index in [1.165, 1.54) is 0 Å². The zero-order valence-corrected chi connectivity index (χ0v) is 13.6. The second kappa shape index (κ2) is 6.36. The van der Waals surface area contributed by atoms with Crippen molar-refractivity contribution in [2.45, 2.75) is 44.4 Å². The Morgan fingerprint density at radius 3 is 2.55 bits per heavy atom. The van der Waals surface area contributed by atoms with E-state index >= 15 is 0 Å². The molecule has 0 radical (unpaired) electrons. The third kappa shape index (κ3) is 2.82. The van der Waals surface area contributed by atoms with Gasteiger partial charge < -0.3 is 4.90 Å². The van der Waals surface area contributed by atoms with Crippen molar-refractivity contribution >= 4 is 29.1 Å². The Balaban J connectivity index is 2.27. The van der Waals surface area contributed by atoms with Crippen LogP contribution in [0.1, 0.15) is 44.6 Å². The summed E-state index contributed by atoms with van der Waals surface area (Å²) in [5, 5.41) is 1.22. The lowest BCUT2D eigenvalue weighted by atomic mass is 9.63. The van der Waals surface area contributed by atoms with Gasteiger partial charge >= 0.3 is 0 Å². The van der Waals surface area contributed by atoms with E-state index < -0.39 is 5.41 Å². The van der Waals surface area contributed by atoms with E-state index in [9.17, 15) is 4.79 Å². The zero-order valence-electron chi connectivity index (χ0n) is 12.1. The molecule has 1 saturated carbocycles. The molecule has 110 valence electrons. The lowest BCUT2D eigenvalue weighted by molar-refractivity contribution is -0.139. The second-order valence-electron chi connectivity index (χ2n) is 5.64. The van der Waals surface area contributed by atoms with Gasteiger partial charge in [0.05, 0.1) is 5.41 Å². The van der Waals surface area contributed by atoms with E-state index in [0.717, 1.165) is 44.2 Å². The van der Waals surface area contributed by atoms with Gasteiger partial charge in [0.15, 0.2) is 0 Å². The van der Waals surface area contributed by atoms with Gasteiger partial charge in [-0.05, 0) is 37.0 Å². The number of amides is 1. The number of unbranched alkanes of at least 4 members (excludes halogenated alkanes) is 1. The van der Waals surface area contributed by atoms with Gasteiger partial charge in [0.1, 0.15) is 0 Å². The summed E-state index contributed by atoms with van der Waals surface area (Å²) in [6.07, 6.45) is 4.96. The predicted octanol–water partition coefficient (Wildman–Crippen LogP) is 4.67. The highest BCUT2D eigenvalue weighted by Crippen LogP contribution is 2.47. The van der Waals surface area contributed by atoms with Crippen LogP contribution in [-0.4, -0.2) is 24.4 Å². The molecule has 0 saturated heterocycles. The molecule has 0 aromatic heterocycles. The van der Waals surface area contributed by atoms with Crippen LogP contribution in [0.4, 0.5) is 0 Å². The molecule has 1 aliphatic rings. The van der Waals surface area contributed by atoms with Crippen molar-refractivity contribution in [3.05, 3.63) is 33.8 Å². The number of carbonyl (C=O) groups excluding carboxylic acids is 1. The third-order valence-electron chi connectivity index (χ3n) is 4.26. The Hall–Kier alpha value is -0.730. The molecule has 1 aliphatic carbocycles. The highest BCUT2D eigenvalue weighted by molar-refractivity contribution is 6.35. The summed E-state index contributed by atoms with van der Waals surface area (Å²) in [4.78, 5) is 14.7. The molecule has 0 bridgehead atoms. The summed E-state index contributed by atoms with van der Waals surface area (Å²) in [7, 11) is 1.89. The summed E-state index contributed by atoms with van der Waals surface area (Å²) >= 11 is 12.3. The maximum absolute atomic E-state index is 12.8. The molecule has 0 heterocycles. The summed E-state index contributed by atoms with van der Waals surface area (Å²) in [6, 6.07) is 5.47. The monoisotopic (exact) mass is 313 g/mol. The quantitative estimate of drug-likeness (QED) is 0.773. The SMILES string of the molecule is CCCCN(C)C(=O)C1(c2ccc(Cl)cc2Cl)CCC1. The third-order valence-corrected chi connectivity index (χ3v) is 4.80. The van der Waals surface area contributed by atoms with Crippen molar-refractivity contribution in [2.75, 3.05) is 13.6 Å². The van der Waals surface area contributed by atoms with Crippen LogP contribution in [0.15, 0.2) is 18.2 Å². The number of halogens is 2. The molecular weight excluding hydrogens is 293 g/mol. The molecule has 1 aromatic carbocycles. The number of nitrogens with zero attached hydrogens (tertiary/aromatic N) is 1. The van der Waals surface area contributed by atoms with Crippen LogP contribution in [0.25, 0.3) is 0 Å². The lowest BCUT2D eigenvalue weighted by Gasteiger charge is -2.43. The van der Waals surface area contributed by atoms with Crippen LogP contribution in [0.3, 0.4) is 0 Å². The molecule has 0 spiro atoms. The molecule has 1 aromatic rings. The van der Waals surface area contributed by atoms with Crippen molar-refractivity contribution in [3.8, 4) is 0 Å². The van der Waals surface area contributed by atoms with Crippen LogP contribution in [0.5, 0.6) is 0 Å². The fraction of sp³-hybridized carbons (Fsp3) is 0.562. The summed E-state index contributed by atoms with van der Waals surface area (Å²) in [5.74, 6) is 0.196. The normalized spacial score (nSPS) is 16.6. The molecular formula is C16H21Cl2NO. The molecule has 1 fully saturated rings. The number of rotatable bonds is 5. The minimum atomic E-state index is -0.426. The molecule has 0 atom stereocenters. The zero-order chi connectivity index (χ0) is 14.8. The van der Waals surface area contributed by atoms with E-state index in [4.69, 9.17) is 23.2 Å². The highest BCUT2D eigenvalue weighted by atomic mass is 35.5. The molecule has 2 rings (SSSR count). The van der Waals surface area contributed by atoms with Gasteiger partial charge in [-0.1, -0.05) is 49.0 Å². The minimum Gasteiger partial charge on any atom is -0.345 e. The number of hydrogen-bond donors (Lipinski definition) is 0. The fourth-order valence-electron chi connectivity index (χ4n) is 2.87. The van der Waals surface area contributed by atoms with Gasteiger partial charge in [-0.15, -0.1) is 0 Å². The Morgan fingerprint density at radius 1 is 1.35 bits per heavy atom. The van der Waals surface area contributed by atoms with Crippen LogP contribution < -0.4 is 0 Å². The lowest BCUT2D eigenvalue weighted by Crippen LogP contribution is -2.50. The van der Waals surface area contributed by atoms with Gasteiger partial charge in [0.2, 0.25) is 5.91 Å². The highest BCUT2D eigenvalue weighted by Gasteiger charge is 2.47. The van der Waals surface area contributed by atoms with E-state index in [1.807, 2.05) is 24.1 Å². The molecule has 20 heavy (non-hydrogen) atoms. The number of hydrogen-bond acceptors (Lipinski definition) is 1. The first-order chi connectivity index (χ1) is 9.51. The molecule has 0 unspecified atom stereocenters. The number of carbonyl (C=O) groups is 1. The van der Waals surface area contributed by atoms with Gasteiger partial charge in [0.25, 0.3) is 0 Å². The van der Waals surface area contributed by atoms with Crippen LogP contribution >= 0.6 is 23.2 Å². The molecule has 2 nitrogen and oxygen atoms in total. The standard InChI is InChI=1S/C16H21Cl2NO/c1-3-4-10-19(2)15(20)16(8-5-9-16)13-7-6-12(17)11-14(13)18/h6-7,11H,3-5,8-10H2,1-2H3. The van der Waals surface area contributed by atoms with Crippen molar-refractivity contribution in [3.63, 3.8) is 0 Å². The molecule has 0 N–H and O–H groups in total. The first kappa shape index (κ1) is 15.7. The average Bonchev–Trinajstić information content (AvgIpc) is 2.36. The van der Waals surface area contributed by atoms with Crippen molar-refractivity contribution in [1.82, 2.24) is 4.90 Å². The Kier molecular flexibility index (Phi) is 4.98. The topological polar surface area (TPSA) is 20.3 Å². The summed E-state index contributed by atoms with van der Waals surface area (Å²) in [6.45, 7) is 2.94. The second-order valence-corrected chi connectivity index (χ2v) is 6.48. The van der Waals surface area contributed by atoms with E-state index in [-0.39, 0.29) is 5.91 Å². The molecule has 0 aliphatic heterocycles. The van der Waals surface area contributed by atoms with Crippen molar-refractivity contribution in [2.24, 2.45) is 0 Å². The largest absolute Gasteiger partial charge is 0.345 e. The maximum Gasteiger partial charge on any atom is 0.233 e. The predicted molar refractivity (Wildman–Crippen MR) is 84.5 cm³/mol. The van der Waals surface area contributed by atoms with Gasteiger partial charge in [-0.2, -0.15) is 0 Å². The van der Waals surface area contributed by atoms with E-state index in [2.05, 4.69) is 6.92 Å². The first-order valence-electron chi connectivity index (χ1n) is 7.22. The van der Waals surface area contributed by atoms with Crippen LogP contribution in [0.2, 0.25) is 10.0 Å². The van der Waals surface area contributed by atoms with Crippen molar-refractivity contribution < 1.29 is 4.79 Å². The van der Waals surface area contributed by atoms with Crippen molar-refractivity contribution in [1.29, 1.82) is 0 Å². The Morgan fingerprint density at radius 2 is 2.05 bits per heavy atom. The Bertz CT molecular complexity index is 497. The molecule has 1 amide bonds. The van der Waals surface area contributed by atoms with E-state index in [1.54, 1.807) is 6.07 Å². The smallest absolute Gasteiger partial charge is 0.233 e. The first-order valence-corrected chi connectivity index (χ1v) is 7.98. The average molecular weight is 314 g/mol. The fourth-order valence-corrected chi connectivity index (χ4v) is 3.46. The summed E-state index contributed by atoms with van der Waals surface area (Å²) < 4.78 is 0. The van der Waals surface area contributed by atoms with Crippen LogP contribution in [0, 0.1) is 0 Å². The summed E-state index contributed by atoms with van der Waals surface area (Å²) in [5.41, 5.74) is 0.507.